The molecule has 0 rings (SSSR count). The zero-order valence-corrected chi connectivity index (χ0v) is 36.9. The van der Waals surface area contributed by atoms with Crippen molar-refractivity contribution in [2.24, 2.45) is 5.73 Å². The third kappa shape index (κ3) is 42.3. The molecule has 0 aliphatic rings. The summed E-state index contributed by atoms with van der Waals surface area (Å²) >= 11 is 0. The van der Waals surface area contributed by atoms with Gasteiger partial charge in [0, 0.05) is 13.0 Å². The SMILES string of the molecule is CC/C=C\C/C=C\C/C=C\C/C=C\C/C=C\C/C=C\CCCOCC(COP(=O)(O)OCC(N)C(=O)O)OC(=O)CCCCCC/C=C\C/C=C\C/C=C\C/C=C\CC. The minimum Gasteiger partial charge on any atom is -0.480 e. The van der Waals surface area contributed by atoms with Crippen LogP contribution in [0.2, 0.25) is 0 Å². The zero-order chi connectivity index (χ0) is 43.3. The Morgan fingerprint density at radius 2 is 0.932 bits per heavy atom. The molecule has 3 atom stereocenters. The van der Waals surface area contributed by atoms with Gasteiger partial charge in [-0.15, -0.1) is 0 Å². The minimum absolute atomic E-state index is 0.0427. The monoisotopic (exact) mass is 842 g/mol. The minimum atomic E-state index is -4.65. The van der Waals surface area contributed by atoms with Crippen molar-refractivity contribution in [3.8, 4) is 0 Å². The second kappa shape index (κ2) is 42.5. The first-order chi connectivity index (χ1) is 28.7. The molecule has 0 spiro atoms. The quantitative estimate of drug-likeness (QED) is 0.0236. The summed E-state index contributed by atoms with van der Waals surface area (Å²) in [7, 11) is -4.65. The number of carbonyl (C=O) groups is 2. The topological polar surface area (TPSA) is 155 Å². The molecule has 0 radical (unpaired) electrons. The first-order valence-corrected chi connectivity index (χ1v) is 23.1. The van der Waals surface area contributed by atoms with E-state index in [1.165, 1.54) is 0 Å². The molecule has 0 heterocycles. The summed E-state index contributed by atoms with van der Waals surface area (Å²) in [6.07, 6.45) is 58.3. The Hall–Kier alpha value is -3.63. The van der Waals surface area contributed by atoms with Gasteiger partial charge in [-0.25, -0.2) is 4.57 Å². The van der Waals surface area contributed by atoms with Crippen molar-refractivity contribution in [2.45, 2.75) is 142 Å². The normalized spacial score (nSPS) is 15.1. The van der Waals surface area contributed by atoms with E-state index >= 15 is 0 Å². The Kier molecular flexibility index (Phi) is 39.9. The molecule has 4 N–H and O–H groups in total. The maximum atomic E-state index is 12.6. The molecule has 0 aromatic carbocycles. The molecule has 10 nitrogen and oxygen atoms in total. The highest BCUT2D eigenvalue weighted by molar-refractivity contribution is 7.47. The largest absolute Gasteiger partial charge is 0.480 e. The predicted molar refractivity (Wildman–Crippen MR) is 244 cm³/mol. The molecule has 0 saturated heterocycles. The highest BCUT2D eigenvalue weighted by Crippen LogP contribution is 2.43. The van der Waals surface area contributed by atoms with Gasteiger partial charge < -0.3 is 25.2 Å². The summed E-state index contributed by atoms with van der Waals surface area (Å²) in [6.45, 7) is 3.43. The number of carbonyl (C=O) groups excluding carboxylic acids is 1. The van der Waals surface area contributed by atoms with E-state index in [9.17, 15) is 19.0 Å². The Morgan fingerprint density at radius 1 is 0.542 bits per heavy atom. The van der Waals surface area contributed by atoms with Crippen LogP contribution in [-0.2, 0) is 32.7 Å². The molecule has 3 unspecified atom stereocenters. The van der Waals surface area contributed by atoms with Crippen LogP contribution >= 0.6 is 7.82 Å². The third-order valence-electron chi connectivity index (χ3n) is 8.24. The van der Waals surface area contributed by atoms with Crippen LogP contribution in [-0.4, -0.2) is 60.5 Å². The van der Waals surface area contributed by atoms with Gasteiger partial charge in [-0.1, -0.05) is 148 Å². The molecular formula is C48H76NO9P. The number of phosphoric acid groups is 1. The molecule has 0 saturated carbocycles. The van der Waals surface area contributed by atoms with E-state index in [-0.39, 0.29) is 13.0 Å². The number of rotatable bonds is 39. The maximum absolute atomic E-state index is 12.6. The number of allylic oxidation sites excluding steroid dienone is 20. The molecule has 59 heavy (non-hydrogen) atoms. The van der Waals surface area contributed by atoms with Gasteiger partial charge in [0.1, 0.15) is 12.1 Å². The van der Waals surface area contributed by atoms with Crippen molar-refractivity contribution < 1.29 is 42.7 Å². The molecule has 0 aliphatic heterocycles. The van der Waals surface area contributed by atoms with Gasteiger partial charge in [-0.05, 0) is 96.3 Å². The summed E-state index contributed by atoms with van der Waals surface area (Å²) < 4.78 is 33.2. The lowest BCUT2D eigenvalue weighted by atomic mass is 10.1. The first kappa shape index (κ1) is 55.4. The lowest BCUT2D eigenvalue weighted by Crippen LogP contribution is -2.34. The first-order valence-electron chi connectivity index (χ1n) is 21.6. The average Bonchev–Trinajstić information content (AvgIpc) is 3.21. The number of phosphoric ester groups is 1. The fourth-order valence-corrected chi connectivity index (χ4v) is 5.74. The highest BCUT2D eigenvalue weighted by Gasteiger charge is 2.27. The van der Waals surface area contributed by atoms with E-state index in [0.29, 0.717) is 13.0 Å². The Labute approximate surface area is 356 Å². The van der Waals surface area contributed by atoms with E-state index in [1.54, 1.807) is 0 Å². The van der Waals surface area contributed by atoms with Crippen LogP contribution in [0, 0.1) is 0 Å². The Morgan fingerprint density at radius 3 is 1.37 bits per heavy atom. The fraction of sp³-hybridized carbons (Fsp3) is 0.542. The second-order valence-corrected chi connectivity index (χ2v) is 15.2. The molecule has 332 valence electrons. The lowest BCUT2D eigenvalue weighted by Gasteiger charge is -2.20. The number of aliphatic carboxylic acids is 1. The van der Waals surface area contributed by atoms with Crippen LogP contribution in [0.5, 0.6) is 0 Å². The van der Waals surface area contributed by atoms with Gasteiger partial charge in [-0.2, -0.15) is 0 Å². The van der Waals surface area contributed by atoms with Crippen molar-refractivity contribution in [3.63, 3.8) is 0 Å². The van der Waals surface area contributed by atoms with Crippen LogP contribution < -0.4 is 5.73 Å². The standard InChI is InChI=1S/C48H76NO9P/c1-3-5-7-9-11-13-15-17-19-21-22-23-25-27-29-31-33-35-37-39-41-55-42-45(43-56-59(53,54)57-44-46(49)48(51)52)58-47(50)40-38-36-34-32-30-28-26-24-20-18-16-14-12-10-8-6-4-2/h5-8,11-14,17-20,22-23,26-29,33,35,45-46H,3-4,9-10,15-16,21,24-25,30-32,34,36-44,49H2,1-2H3,(H,51,52)(H,53,54)/b7-5-,8-6-,13-11-,14-12-,19-17-,20-18-,23-22-,28-26-,29-27-,35-33-. The van der Waals surface area contributed by atoms with Crippen molar-refractivity contribution in [2.75, 3.05) is 26.4 Å². The molecule has 0 aliphatic carbocycles. The molecular weight excluding hydrogens is 765 g/mol. The van der Waals surface area contributed by atoms with Crippen molar-refractivity contribution >= 4 is 19.8 Å². The van der Waals surface area contributed by atoms with E-state index in [1.807, 2.05) is 0 Å². The summed E-state index contributed by atoms with van der Waals surface area (Å²) in [5.41, 5.74) is 5.35. The molecule has 0 fully saturated rings. The van der Waals surface area contributed by atoms with Gasteiger partial charge in [-0.3, -0.25) is 18.6 Å². The zero-order valence-electron chi connectivity index (χ0n) is 36.0. The van der Waals surface area contributed by atoms with Crippen molar-refractivity contribution in [3.05, 3.63) is 122 Å². The van der Waals surface area contributed by atoms with Crippen molar-refractivity contribution in [1.82, 2.24) is 0 Å². The van der Waals surface area contributed by atoms with Crippen LogP contribution in [0.1, 0.15) is 129 Å². The van der Waals surface area contributed by atoms with Crippen LogP contribution in [0.25, 0.3) is 0 Å². The van der Waals surface area contributed by atoms with Gasteiger partial charge >= 0.3 is 19.8 Å². The molecule has 0 aromatic heterocycles. The predicted octanol–water partition coefficient (Wildman–Crippen LogP) is 12.1. The number of nitrogens with two attached hydrogens (primary N) is 1. The molecule has 0 bridgehead atoms. The summed E-state index contributed by atoms with van der Waals surface area (Å²) in [6, 6.07) is -1.49. The Bertz CT molecular complexity index is 1390. The van der Waals surface area contributed by atoms with E-state index in [4.69, 9.17) is 29.4 Å². The summed E-state index contributed by atoms with van der Waals surface area (Å²) in [4.78, 5) is 33.5. The van der Waals surface area contributed by atoms with Crippen molar-refractivity contribution in [1.29, 1.82) is 0 Å². The number of unbranched alkanes of at least 4 members (excludes halogenated alkanes) is 5. The number of hydrogen-bond acceptors (Lipinski definition) is 8. The van der Waals surface area contributed by atoms with Gasteiger partial charge in [0.15, 0.2) is 0 Å². The van der Waals surface area contributed by atoms with E-state index < -0.39 is 45.1 Å². The second-order valence-electron chi connectivity index (χ2n) is 13.7. The number of carboxylic acid groups (broad SMARTS) is 1. The van der Waals surface area contributed by atoms with Gasteiger partial charge in [0.25, 0.3) is 0 Å². The van der Waals surface area contributed by atoms with Crippen LogP contribution in [0.15, 0.2) is 122 Å². The highest BCUT2D eigenvalue weighted by atomic mass is 31.2. The maximum Gasteiger partial charge on any atom is 0.472 e. The number of hydrogen-bond donors (Lipinski definition) is 3. The van der Waals surface area contributed by atoms with E-state index in [2.05, 4.69) is 135 Å². The molecule has 0 aromatic rings. The Balaban J connectivity index is 4.44. The summed E-state index contributed by atoms with van der Waals surface area (Å²) in [5, 5.41) is 8.90. The third-order valence-corrected chi connectivity index (χ3v) is 9.19. The van der Waals surface area contributed by atoms with E-state index in [0.717, 1.165) is 103 Å². The number of carboxylic acids is 1. The average molecular weight is 842 g/mol. The van der Waals surface area contributed by atoms with Gasteiger partial charge in [0.05, 0.1) is 19.8 Å². The molecule has 0 amide bonds. The van der Waals surface area contributed by atoms with Gasteiger partial charge in [0.2, 0.25) is 0 Å². The molecule has 11 heteroatoms. The van der Waals surface area contributed by atoms with Crippen LogP contribution in [0.3, 0.4) is 0 Å². The number of esters is 1. The smallest absolute Gasteiger partial charge is 0.472 e. The van der Waals surface area contributed by atoms with Crippen LogP contribution in [0.4, 0.5) is 0 Å². The summed E-state index contributed by atoms with van der Waals surface area (Å²) in [5.74, 6) is -1.84. The fourth-order valence-electron chi connectivity index (χ4n) is 4.96. The number of ether oxygens (including phenoxy) is 2. The lowest BCUT2D eigenvalue weighted by molar-refractivity contribution is -0.154.